The van der Waals surface area contributed by atoms with Crippen LogP contribution in [0.3, 0.4) is 0 Å². The zero-order valence-corrected chi connectivity index (χ0v) is 20.6. The van der Waals surface area contributed by atoms with Crippen LogP contribution in [-0.2, 0) is 28.5 Å². The fraction of sp³-hybridized carbons (Fsp3) is 0.520. The van der Waals surface area contributed by atoms with E-state index < -0.39 is 79.1 Å². The van der Waals surface area contributed by atoms with Crippen LogP contribution in [0.25, 0.3) is 6.08 Å². The molecule has 1 aromatic rings. The number of phenolic OH excluding ortho intramolecular Hbond substituents is 2. The molecule has 1 saturated carbocycles. The number of phenols is 2. The lowest BCUT2D eigenvalue weighted by Crippen LogP contribution is -2.61. The van der Waals surface area contributed by atoms with Crippen molar-refractivity contribution in [3.8, 4) is 11.5 Å². The van der Waals surface area contributed by atoms with E-state index in [0.717, 1.165) is 12.3 Å². The van der Waals surface area contributed by atoms with Gasteiger partial charge in [-0.15, -0.1) is 0 Å². The maximum atomic E-state index is 12.1. The van der Waals surface area contributed by atoms with E-state index in [4.69, 9.17) is 18.9 Å². The summed E-state index contributed by atoms with van der Waals surface area (Å²) in [4.78, 5) is 23.8. The number of hydrogen-bond donors (Lipinski definition) is 8. The van der Waals surface area contributed by atoms with Crippen LogP contribution in [0.2, 0.25) is 0 Å². The van der Waals surface area contributed by atoms with E-state index in [1.54, 1.807) is 0 Å². The zero-order valence-electron chi connectivity index (χ0n) is 20.6. The summed E-state index contributed by atoms with van der Waals surface area (Å²) in [6.45, 7) is 0.713. The van der Waals surface area contributed by atoms with E-state index in [2.05, 4.69) is 0 Å². The molecule has 2 aliphatic heterocycles. The predicted molar refractivity (Wildman–Crippen MR) is 126 cm³/mol. The normalized spacial score (nSPS) is 38.1. The Hall–Kier alpha value is -3.24. The van der Waals surface area contributed by atoms with Crippen LogP contribution in [0, 0.1) is 11.8 Å². The summed E-state index contributed by atoms with van der Waals surface area (Å²) in [6, 6.07) is 3.86. The lowest BCUT2D eigenvalue weighted by molar-refractivity contribution is -0.347. The number of carboxylic acid groups (broad SMARTS) is 1. The molecule has 14 nitrogen and oxygen atoms in total. The summed E-state index contributed by atoms with van der Waals surface area (Å²) in [7, 11) is 0. The Morgan fingerprint density at radius 2 is 1.79 bits per heavy atom. The Labute approximate surface area is 221 Å². The molecule has 0 spiro atoms. The van der Waals surface area contributed by atoms with Crippen LogP contribution < -0.4 is 0 Å². The lowest BCUT2D eigenvalue weighted by atomic mass is 9.81. The van der Waals surface area contributed by atoms with Crippen molar-refractivity contribution in [2.75, 3.05) is 6.61 Å². The SMILES string of the molecule is C[C@@]1(O)[C@H]2[C@H](O[C@@H]3O[C@H](COC(=O)/C=C/c4ccc(O)c(O)c4)[C@@H](O)[C@H](O)[C@H]3O)OC=C(C(=O)O)[C@H]2C[C@@H]1O. The van der Waals surface area contributed by atoms with Crippen LogP contribution in [0.15, 0.2) is 36.1 Å². The summed E-state index contributed by atoms with van der Waals surface area (Å²) in [5, 5.41) is 80.7. The van der Waals surface area contributed by atoms with Gasteiger partial charge in [-0.2, -0.15) is 0 Å². The molecule has 1 saturated heterocycles. The molecule has 214 valence electrons. The number of carbonyl (C=O) groups excluding carboxylic acids is 1. The second kappa shape index (κ2) is 11.1. The number of ether oxygens (including phenoxy) is 4. The van der Waals surface area contributed by atoms with Gasteiger partial charge in [0, 0.05) is 12.0 Å². The third-order valence-electron chi connectivity index (χ3n) is 7.27. The number of aliphatic hydroxyl groups excluding tert-OH is 4. The third kappa shape index (κ3) is 5.72. The van der Waals surface area contributed by atoms with Gasteiger partial charge in [0.1, 0.15) is 31.0 Å². The minimum absolute atomic E-state index is 0.0930. The summed E-state index contributed by atoms with van der Waals surface area (Å²) in [6.07, 6.45) is -7.94. The maximum Gasteiger partial charge on any atom is 0.334 e. The lowest BCUT2D eigenvalue weighted by Gasteiger charge is -2.44. The van der Waals surface area contributed by atoms with Gasteiger partial charge in [0.05, 0.1) is 29.5 Å². The van der Waals surface area contributed by atoms with Crippen molar-refractivity contribution in [2.45, 2.75) is 62.0 Å². The Morgan fingerprint density at radius 1 is 1.08 bits per heavy atom. The summed E-state index contributed by atoms with van der Waals surface area (Å²) in [5.41, 5.74) is -1.64. The van der Waals surface area contributed by atoms with Gasteiger partial charge >= 0.3 is 11.9 Å². The largest absolute Gasteiger partial charge is 0.504 e. The van der Waals surface area contributed by atoms with E-state index in [-0.39, 0.29) is 23.5 Å². The molecule has 0 unspecified atom stereocenters. The van der Waals surface area contributed by atoms with Gasteiger partial charge in [-0.1, -0.05) is 6.07 Å². The molecule has 0 aromatic heterocycles. The van der Waals surface area contributed by atoms with Crippen molar-refractivity contribution >= 4 is 18.0 Å². The van der Waals surface area contributed by atoms with Crippen LogP contribution in [0.5, 0.6) is 11.5 Å². The van der Waals surface area contributed by atoms with Crippen molar-refractivity contribution in [3.05, 3.63) is 41.7 Å². The van der Waals surface area contributed by atoms with Crippen LogP contribution in [-0.4, -0.2) is 108 Å². The Morgan fingerprint density at radius 3 is 2.46 bits per heavy atom. The first-order valence-corrected chi connectivity index (χ1v) is 12.0. The van der Waals surface area contributed by atoms with E-state index in [0.29, 0.717) is 5.56 Å². The number of benzene rings is 1. The number of carboxylic acids is 1. The molecule has 0 radical (unpaired) electrons. The van der Waals surface area contributed by atoms with Crippen LogP contribution >= 0.6 is 0 Å². The van der Waals surface area contributed by atoms with Crippen molar-refractivity contribution in [1.82, 2.24) is 0 Å². The van der Waals surface area contributed by atoms with Crippen molar-refractivity contribution in [3.63, 3.8) is 0 Å². The molecular formula is C25H30O14. The Kier molecular flexibility index (Phi) is 8.18. The average molecular weight is 555 g/mol. The number of aliphatic carboxylic acids is 1. The first-order chi connectivity index (χ1) is 18.3. The predicted octanol–water partition coefficient (Wildman–Crippen LogP) is -1.45. The zero-order chi connectivity index (χ0) is 28.6. The van der Waals surface area contributed by atoms with Crippen molar-refractivity contribution < 1.29 is 69.4 Å². The minimum Gasteiger partial charge on any atom is -0.504 e. The van der Waals surface area contributed by atoms with E-state index >= 15 is 0 Å². The standard InChI is InChI=1S/C25H30O14/c1-25(35)16(28)7-11-12(22(33)34)8-37-23(18(11)25)39-24-21(32)20(31)19(30)15(38-24)9-36-17(29)5-3-10-2-4-13(26)14(27)6-10/h2-6,8,11,15-16,18-21,23-24,26-28,30-32,35H,7,9H2,1H3,(H,33,34)/b5-3+/t11-,15-,16+,18-,19-,20+,21-,23+,24+,25+/m1/s1. The number of aromatic hydroxyl groups is 2. The Balaban J connectivity index is 1.43. The van der Waals surface area contributed by atoms with Gasteiger partial charge in [0.2, 0.25) is 6.29 Å². The molecule has 2 heterocycles. The highest BCUT2D eigenvalue weighted by atomic mass is 16.8. The monoisotopic (exact) mass is 554 g/mol. The molecule has 14 heteroatoms. The maximum absolute atomic E-state index is 12.1. The highest BCUT2D eigenvalue weighted by Gasteiger charge is 2.59. The van der Waals surface area contributed by atoms with Gasteiger partial charge in [-0.25, -0.2) is 9.59 Å². The average Bonchev–Trinajstić information content (AvgIpc) is 3.12. The van der Waals surface area contributed by atoms with E-state index in [1.165, 1.54) is 31.2 Å². The van der Waals surface area contributed by atoms with E-state index in [1.807, 2.05) is 0 Å². The second-order valence-electron chi connectivity index (χ2n) is 9.85. The van der Waals surface area contributed by atoms with Crippen LogP contribution in [0.4, 0.5) is 0 Å². The quantitative estimate of drug-likeness (QED) is 0.109. The topological polar surface area (TPSA) is 233 Å². The fourth-order valence-electron chi connectivity index (χ4n) is 5.00. The van der Waals surface area contributed by atoms with Crippen LogP contribution in [0.1, 0.15) is 18.9 Å². The molecule has 39 heavy (non-hydrogen) atoms. The molecule has 1 aromatic carbocycles. The van der Waals surface area contributed by atoms with E-state index in [9.17, 15) is 50.4 Å². The molecule has 2 fully saturated rings. The molecule has 0 amide bonds. The van der Waals surface area contributed by atoms with Gasteiger partial charge in [0.25, 0.3) is 0 Å². The summed E-state index contributed by atoms with van der Waals surface area (Å²) < 4.78 is 21.7. The number of fused-ring (bicyclic) bond motifs is 1. The third-order valence-corrected chi connectivity index (χ3v) is 7.27. The summed E-state index contributed by atoms with van der Waals surface area (Å²) in [5.74, 6) is -4.86. The molecule has 0 bridgehead atoms. The highest BCUT2D eigenvalue weighted by molar-refractivity contribution is 5.87. The molecule has 1 aliphatic carbocycles. The smallest absolute Gasteiger partial charge is 0.334 e. The van der Waals surface area contributed by atoms with Crippen molar-refractivity contribution in [1.29, 1.82) is 0 Å². The number of hydrogen-bond acceptors (Lipinski definition) is 13. The van der Waals surface area contributed by atoms with Gasteiger partial charge < -0.3 is 59.8 Å². The minimum atomic E-state index is -1.84. The van der Waals surface area contributed by atoms with Gasteiger partial charge in [-0.3, -0.25) is 0 Å². The first kappa shape index (κ1) is 28.8. The summed E-state index contributed by atoms with van der Waals surface area (Å²) >= 11 is 0. The fourth-order valence-corrected chi connectivity index (χ4v) is 5.00. The number of carbonyl (C=O) groups is 2. The molecular weight excluding hydrogens is 524 g/mol. The first-order valence-electron chi connectivity index (χ1n) is 12.0. The highest BCUT2D eigenvalue weighted by Crippen LogP contribution is 2.49. The molecule has 3 aliphatic rings. The number of esters is 1. The molecule has 10 atom stereocenters. The Bertz CT molecular complexity index is 1150. The van der Waals surface area contributed by atoms with Gasteiger partial charge in [-0.05, 0) is 37.1 Å². The van der Waals surface area contributed by atoms with Crippen molar-refractivity contribution in [2.24, 2.45) is 11.8 Å². The second-order valence-corrected chi connectivity index (χ2v) is 9.85. The number of aliphatic hydroxyl groups is 5. The molecule has 8 N–H and O–H groups in total. The number of rotatable bonds is 7. The van der Waals surface area contributed by atoms with Gasteiger partial charge in [0.15, 0.2) is 17.8 Å². The molecule has 4 rings (SSSR count).